The number of aliphatic carboxylic acids is 1. The van der Waals surface area contributed by atoms with Gasteiger partial charge in [-0.2, -0.15) is 0 Å². The maximum atomic E-state index is 11.4. The second-order valence-electron chi connectivity index (χ2n) is 12.5. The van der Waals surface area contributed by atoms with E-state index in [1.807, 2.05) is 6.92 Å². The van der Waals surface area contributed by atoms with E-state index in [2.05, 4.69) is 27.7 Å². The molecule has 3 heteroatoms. The first-order valence-corrected chi connectivity index (χ1v) is 13.0. The van der Waals surface area contributed by atoms with Crippen molar-refractivity contribution in [2.45, 2.75) is 105 Å². The molecule has 0 heterocycles. The van der Waals surface area contributed by atoms with Crippen molar-refractivity contribution in [1.82, 2.24) is 0 Å². The molecule has 1 unspecified atom stereocenters. The first-order chi connectivity index (χ1) is 14.1. The van der Waals surface area contributed by atoms with Crippen molar-refractivity contribution in [2.75, 3.05) is 0 Å². The van der Waals surface area contributed by atoms with E-state index in [1.165, 1.54) is 44.9 Å². The summed E-state index contributed by atoms with van der Waals surface area (Å²) in [5.41, 5.74) is 0.820. The zero-order valence-corrected chi connectivity index (χ0v) is 20.1. The van der Waals surface area contributed by atoms with Crippen LogP contribution in [0.1, 0.15) is 98.8 Å². The topological polar surface area (TPSA) is 57.5 Å². The Hall–Kier alpha value is -0.570. The number of carboxylic acid groups (broad SMARTS) is 1. The number of aliphatic hydroxyl groups is 1. The van der Waals surface area contributed by atoms with Gasteiger partial charge in [-0.05, 0) is 110 Å². The largest absolute Gasteiger partial charge is 0.481 e. The lowest BCUT2D eigenvalue weighted by Gasteiger charge is -2.63. The molecule has 30 heavy (non-hydrogen) atoms. The minimum atomic E-state index is -0.637. The Morgan fingerprint density at radius 1 is 0.967 bits per heavy atom. The molecule has 4 aliphatic carbocycles. The smallest absolute Gasteiger partial charge is 0.306 e. The summed E-state index contributed by atoms with van der Waals surface area (Å²) in [6.45, 7) is 11.8. The summed E-state index contributed by atoms with van der Waals surface area (Å²) in [6, 6.07) is 0. The Morgan fingerprint density at radius 3 is 2.30 bits per heavy atom. The summed E-state index contributed by atoms with van der Waals surface area (Å²) in [7, 11) is 0. The van der Waals surface area contributed by atoms with Crippen LogP contribution in [-0.2, 0) is 4.79 Å². The highest BCUT2D eigenvalue weighted by Crippen LogP contribution is 2.69. The van der Waals surface area contributed by atoms with E-state index in [4.69, 9.17) is 0 Å². The molecule has 11 atom stereocenters. The molecular weight excluding hydrogens is 372 g/mol. The van der Waals surface area contributed by atoms with Crippen molar-refractivity contribution in [2.24, 2.45) is 58.2 Å². The summed E-state index contributed by atoms with van der Waals surface area (Å²) >= 11 is 0. The van der Waals surface area contributed by atoms with Crippen molar-refractivity contribution in [3.8, 4) is 0 Å². The molecule has 2 N–H and O–H groups in total. The molecule has 0 spiro atoms. The highest BCUT2D eigenvalue weighted by Gasteiger charge is 2.62. The molecule has 0 radical (unpaired) electrons. The van der Waals surface area contributed by atoms with Crippen molar-refractivity contribution < 1.29 is 15.0 Å². The minimum absolute atomic E-state index is 0.0736. The van der Waals surface area contributed by atoms with Gasteiger partial charge in [-0.1, -0.05) is 41.0 Å². The summed E-state index contributed by atoms with van der Waals surface area (Å²) in [5.74, 6) is 4.31. The van der Waals surface area contributed by atoms with Crippen LogP contribution in [0.15, 0.2) is 0 Å². The molecule has 0 aliphatic heterocycles. The number of aliphatic hydroxyl groups excluding tert-OH is 1. The van der Waals surface area contributed by atoms with E-state index in [-0.39, 0.29) is 12.0 Å². The molecule has 0 bridgehead atoms. The van der Waals surface area contributed by atoms with Crippen molar-refractivity contribution >= 4 is 5.97 Å². The maximum absolute atomic E-state index is 11.4. The summed E-state index contributed by atoms with van der Waals surface area (Å²) < 4.78 is 0. The van der Waals surface area contributed by atoms with Gasteiger partial charge >= 0.3 is 5.97 Å². The highest BCUT2D eigenvalue weighted by molar-refractivity contribution is 5.69. The van der Waals surface area contributed by atoms with Crippen molar-refractivity contribution in [3.05, 3.63) is 0 Å². The fraction of sp³-hybridized carbons (Fsp3) is 0.963. The standard InChI is InChI=1S/C27H46O3/c1-6-18-14-20-22-8-7-21(16(2)13-17(3)25(29)30)26(22,4)12-10-23(20)27(5)11-9-19(28)15-24(18)27/h16-24,28H,6-15H2,1-5H3,(H,29,30)/t16-,17?,18+,19-,20+,21-,22+,23+,24+,26-,27-/m1/s1. The van der Waals surface area contributed by atoms with Gasteiger partial charge in [-0.25, -0.2) is 0 Å². The molecule has 0 amide bonds. The summed E-state index contributed by atoms with van der Waals surface area (Å²) in [5, 5.41) is 19.8. The van der Waals surface area contributed by atoms with Gasteiger partial charge < -0.3 is 10.2 Å². The van der Waals surface area contributed by atoms with Gasteiger partial charge in [0.2, 0.25) is 0 Å². The Kier molecular flexibility index (Phi) is 6.10. The fourth-order valence-electron chi connectivity index (χ4n) is 9.73. The average Bonchev–Trinajstić information content (AvgIpc) is 3.05. The zero-order valence-electron chi connectivity index (χ0n) is 20.1. The third kappa shape index (κ3) is 3.46. The van der Waals surface area contributed by atoms with Crippen LogP contribution in [-0.4, -0.2) is 22.3 Å². The lowest BCUT2D eigenvalue weighted by atomic mass is 9.42. The number of fused-ring (bicyclic) bond motifs is 5. The van der Waals surface area contributed by atoms with Gasteiger partial charge in [0.15, 0.2) is 0 Å². The second kappa shape index (κ2) is 8.09. The molecule has 4 fully saturated rings. The van der Waals surface area contributed by atoms with Crippen LogP contribution < -0.4 is 0 Å². The van der Waals surface area contributed by atoms with Gasteiger partial charge in [-0.3, -0.25) is 4.79 Å². The molecule has 4 aliphatic rings. The number of hydrogen-bond acceptors (Lipinski definition) is 2. The number of hydrogen-bond donors (Lipinski definition) is 2. The molecule has 0 aromatic heterocycles. The van der Waals surface area contributed by atoms with Crippen LogP contribution in [0.25, 0.3) is 0 Å². The Balaban J connectivity index is 1.57. The van der Waals surface area contributed by atoms with Crippen LogP contribution in [0.4, 0.5) is 0 Å². The van der Waals surface area contributed by atoms with E-state index in [0.29, 0.717) is 28.6 Å². The van der Waals surface area contributed by atoms with Gasteiger partial charge in [0.1, 0.15) is 0 Å². The summed E-state index contributed by atoms with van der Waals surface area (Å²) in [4.78, 5) is 11.4. The Labute approximate surface area is 184 Å². The molecule has 172 valence electrons. The maximum Gasteiger partial charge on any atom is 0.306 e. The van der Waals surface area contributed by atoms with Crippen LogP contribution in [0.2, 0.25) is 0 Å². The van der Waals surface area contributed by atoms with Crippen LogP contribution in [0.5, 0.6) is 0 Å². The lowest BCUT2D eigenvalue weighted by Crippen LogP contribution is -2.56. The van der Waals surface area contributed by atoms with E-state index in [9.17, 15) is 15.0 Å². The molecule has 0 aromatic carbocycles. The first-order valence-electron chi connectivity index (χ1n) is 13.0. The number of rotatable bonds is 5. The SMILES string of the molecule is CC[C@H]1C[C@@H]2[C@H](CC[C@]3(C)[C@@H]([C@H](C)CC(C)C(=O)O)CC[C@@H]23)[C@@]2(C)CC[C@@H](O)C[C@@H]12. The van der Waals surface area contributed by atoms with Crippen LogP contribution >= 0.6 is 0 Å². The number of carboxylic acids is 1. The van der Waals surface area contributed by atoms with E-state index in [0.717, 1.165) is 42.9 Å². The quantitative estimate of drug-likeness (QED) is 0.544. The molecule has 0 saturated heterocycles. The predicted octanol–water partition coefficient (Wildman–Crippen LogP) is 6.39. The van der Waals surface area contributed by atoms with Crippen LogP contribution in [0, 0.1) is 58.2 Å². The first kappa shape index (κ1) is 22.6. The predicted molar refractivity (Wildman–Crippen MR) is 121 cm³/mol. The molecule has 4 saturated carbocycles. The van der Waals surface area contributed by atoms with E-state index in [1.54, 1.807) is 0 Å². The van der Waals surface area contributed by atoms with Gasteiger partial charge in [0.25, 0.3) is 0 Å². The van der Waals surface area contributed by atoms with Crippen molar-refractivity contribution in [1.29, 1.82) is 0 Å². The van der Waals surface area contributed by atoms with Gasteiger partial charge in [-0.15, -0.1) is 0 Å². The molecular formula is C27H46O3. The second-order valence-corrected chi connectivity index (χ2v) is 12.5. The number of carbonyl (C=O) groups is 1. The third-order valence-electron chi connectivity index (χ3n) is 11.2. The summed E-state index contributed by atoms with van der Waals surface area (Å²) in [6.07, 6.45) is 12.0. The molecule has 3 nitrogen and oxygen atoms in total. The highest BCUT2D eigenvalue weighted by atomic mass is 16.4. The Bertz CT molecular complexity index is 646. The fourth-order valence-corrected chi connectivity index (χ4v) is 9.73. The monoisotopic (exact) mass is 418 g/mol. The van der Waals surface area contributed by atoms with Gasteiger partial charge in [0, 0.05) is 0 Å². The molecule has 0 aromatic rings. The minimum Gasteiger partial charge on any atom is -0.481 e. The van der Waals surface area contributed by atoms with Crippen LogP contribution in [0.3, 0.4) is 0 Å². The lowest BCUT2D eigenvalue weighted by molar-refractivity contribution is -0.153. The normalized spacial score (nSPS) is 50.1. The van der Waals surface area contributed by atoms with E-state index < -0.39 is 5.97 Å². The molecule has 4 rings (SSSR count). The van der Waals surface area contributed by atoms with E-state index >= 15 is 0 Å². The Morgan fingerprint density at radius 2 is 1.63 bits per heavy atom. The zero-order chi connectivity index (χ0) is 21.8. The van der Waals surface area contributed by atoms with Crippen molar-refractivity contribution in [3.63, 3.8) is 0 Å². The third-order valence-corrected chi connectivity index (χ3v) is 11.2. The van der Waals surface area contributed by atoms with Gasteiger partial charge in [0.05, 0.1) is 12.0 Å². The average molecular weight is 419 g/mol.